The van der Waals surface area contributed by atoms with Crippen LogP contribution in [0.5, 0.6) is 5.75 Å². The smallest absolute Gasteiger partial charge is 0.416 e. The van der Waals surface area contributed by atoms with E-state index in [-0.39, 0.29) is 6.10 Å². The molecule has 1 atom stereocenters. The van der Waals surface area contributed by atoms with E-state index in [9.17, 15) is 13.2 Å². The molecule has 0 fully saturated rings. The van der Waals surface area contributed by atoms with Crippen LogP contribution in [0.2, 0.25) is 10.0 Å². The Labute approximate surface area is 142 Å². The molecule has 0 bridgehead atoms. The van der Waals surface area contributed by atoms with Crippen LogP contribution in [0.3, 0.4) is 0 Å². The Bertz CT molecular complexity index is 677. The topological polar surface area (TPSA) is 21.3 Å². The standard InChI is InChI=1S/C16H14Cl2F3NO/c1-10(23-15-6-5-12(17)8-14(15)18)9-22-13-4-2-3-11(7-13)16(19,20)21/h2-8,10,22H,9H2,1H3. The molecule has 2 rings (SSSR count). The number of alkyl halides is 3. The first-order chi connectivity index (χ1) is 10.8. The Morgan fingerprint density at radius 3 is 2.52 bits per heavy atom. The fourth-order valence-electron chi connectivity index (χ4n) is 1.90. The van der Waals surface area contributed by atoms with Gasteiger partial charge in [0.25, 0.3) is 0 Å². The minimum Gasteiger partial charge on any atom is -0.487 e. The average molecular weight is 364 g/mol. The summed E-state index contributed by atoms with van der Waals surface area (Å²) in [6, 6.07) is 9.86. The third-order valence-corrected chi connectivity index (χ3v) is 3.54. The van der Waals surface area contributed by atoms with Gasteiger partial charge in [-0.2, -0.15) is 13.2 Å². The van der Waals surface area contributed by atoms with Crippen molar-refractivity contribution in [1.82, 2.24) is 0 Å². The van der Waals surface area contributed by atoms with E-state index >= 15 is 0 Å². The van der Waals surface area contributed by atoms with Crippen LogP contribution < -0.4 is 10.1 Å². The van der Waals surface area contributed by atoms with Crippen molar-refractivity contribution in [2.24, 2.45) is 0 Å². The molecule has 0 heterocycles. The van der Waals surface area contributed by atoms with Crippen LogP contribution in [0.4, 0.5) is 18.9 Å². The molecule has 0 saturated carbocycles. The van der Waals surface area contributed by atoms with Crippen molar-refractivity contribution >= 4 is 28.9 Å². The lowest BCUT2D eigenvalue weighted by Gasteiger charge is -2.17. The quantitative estimate of drug-likeness (QED) is 0.714. The summed E-state index contributed by atoms with van der Waals surface area (Å²) in [6.07, 6.45) is -4.67. The van der Waals surface area contributed by atoms with Crippen molar-refractivity contribution in [3.05, 3.63) is 58.1 Å². The number of hydrogen-bond donors (Lipinski definition) is 1. The number of hydrogen-bond acceptors (Lipinski definition) is 2. The number of rotatable bonds is 5. The minimum absolute atomic E-state index is 0.303. The number of anilines is 1. The van der Waals surface area contributed by atoms with Gasteiger partial charge in [0.1, 0.15) is 11.9 Å². The Kier molecular flexibility index (Phi) is 5.65. The summed E-state index contributed by atoms with van der Waals surface area (Å²) in [5, 5.41) is 3.79. The molecule has 2 aromatic carbocycles. The molecule has 23 heavy (non-hydrogen) atoms. The predicted octanol–water partition coefficient (Wildman–Crippen LogP) is 5.89. The van der Waals surface area contributed by atoms with Gasteiger partial charge in [0, 0.05) is 10.7 Å². The third kappa shape index (κ3) is 5.22. The molecule has 7 heteroatoms. The van der Waals surface area contributed by atoms with Gasteiger partial charge in [-0.05, 0) is 43.3 Å². The number of halogens is 5. The first kappa shape index (κ1) is 17.8. The molecule has 0 amide bonds. The lowest BCUT2D eigenvalue weighted by molar-refractivity contribution is -0.137. The maximum atomic E-state index is 12.7. The second-order valence-corrected chi connectivity index (χ2v) is 5.81. The summed E-state index contributed by atoms with van der Waals surface area (Å²) < 4.78 is 43.6. The molecular formula is C16H14Cl2F3NO. The number of ether oxygens (including phenoxy) is 1. The molecule has 2 nitrogen and oxygen atoms in total. The molecule has 0 aliphatic carbocycles. The summed E-state index contributed by atoms with van der Waals surface area (Å²) in [6.45, 7) is 2.10. The van der Waals surface area contributed by atoms with Gasteiger partial charge in [-0.3, -0.25) is 0 Å². The van der Waals surface area contributed by atoms with Gasteiger partial charge in [-0.1, -0.05) is 29.3 Å². The van der Waals surface area contributed by atoms with Gasteiger partial charge >= 0.3 is 6.18 Å². The Morgan fingerprint density at radius 1 is 1.13 bits per heavy atom. The zero-order chi connectivity index (χ0) is 17.0. The van der Waals surface area contributed by atoms with E-state index in [1.807, 2.05) is 0 Å². The molecule has 0 saturated heterocycles. The summed E-state index contributed by atoms with van der Waals surface area (Å²) in [7, 11) is 0. The zero-order valence-electron chi connectivity index (χ0n) is 12.1. The SMILES string of the molecule is CC(CNc1cccc(C(F)(F)F)c1)Oc1ccc(Cl)cc1Cl. The van der Waals surface area contributed by atoms with E-state index in [4.69, 9.17) is 27.9 Å². The molecule has 0 aliphatic heterocycles. The summed E-state index contributed by atoms with van der Waals surface area (Å²) in [5.41, 5.74) is -0.325. The normalized spacial score (nSPS) is 12.8. The highest BCUT2D eigenvalue weighted by Gasteiger charge is 2.30. The maximum absolute atomic E-state index is 12.7. The maximum Gasteiger partial charge on any atom is 0.416 e. The van der Waals surface area contributed by atoms with Crippen molar-refractivity contribution < 1.29 is 17.9 Å². The monoisotopic (exact) mass is 363 g/mol. The molecule has 2 aromatic rings. The van der Waals surface area contributed by atoms with Crippen molar-refractivity contribution in [3.8, 4) is 5.75 Å². The summed E-state index contributed by atoms with van der Waals surface area (Å²) >= 11 is 11.8. The van der Waals surface area contributed by atoms with Crippen LogP contribution in [0, 0.1) is 0 Å². The van der Waals surface area contributed by atoms with Crippen LogP contribution in [0.15, 0.2) is 42.5 Å². The van der Waals surface area contributed by atoms with Crippen LogP contribution in [0.1, 0.15) is 12.5 Å². The van der Waals surface area contributed by atoms with Crippen molar-refractivity contribution in [2.75, 3.05) is 11.9 Å². The summed E-state index contributed by atoms with van der Waals surface area (Å²) in [4.78, 5) is 0. The molecule has 0 radical (unpaired) electrons. The highest BCUT2D eigenvalue weighted by Crippen LogP contribution is 2.31. The third-order valence-electron chi connectivity index (χ3n) is 3.01. The van der Waals surface area contributed by atoms with Gasteiger partial charge in [0.15, 0.2) is 0 Å². The Hall–Kier alpha value is -1.59. The minimum atomic E-state index is -4.36. The van der Waals surface area contributed by atoms with Gasteiger partial charge in [-0.25, -0.2) is 0 Å². The predicted molar refractivity (Wildman–Crippen MR) is 86.5 cm³/mol. The second kappa shape index (κ2) is 7.32. The average Bonchev–Trinajstić information content (AvgIpc) is 2.47. The molecular weight excluding hydrogens is 350 g/mol. The lowest BCUT2D eigenvalue weighted by atomic mass is 10.2. The van der Waals surface area contributed by atoms with Gasteiger partial charge < -0.3 is 10.1 Å². The molecule has 0 aromatic heterocycles. The Morgan fingerprint density at radius 2 is 1.87 bits per heavy atom. The van der Waals surface area contributed by atoms with E-state index in [2.05, 4.69) is 5.32 Å². The van der Waals surface area contributed by atoms with Gasteiger partial charge in [0.05, 0.1) is 17.1 Å². The zero-order valence-corrected chi connectivity index (χ0v) is 13.6. The van der Waals surface area contributed by atoms with Crippen LogP contribution >= 0.6 is 23.2 Å². The van der Waals surface area contributed by atoms with Crippen molar-refractivity contribution in [2.45, 2.75) is 19.2 Å². The number of benzene rings is 2. The van der Waals surface area contributed by atoms with Crippen molar-refractivity contribution in [1.29, 1.82) is 0 Å². The highest BCUT2D eigenvalue weighted by atomic mass is 35.5. The first-order valence-corrected chi connectivity index (χ1v) is 7.54. The Balaban J connectivity index is 1.95. The van der Waals surface area contributed by atoms with E-state index in [0.29, 0.717) is 28.0 Å². The van der Waals surface area contributed by atoms with E-state index < -0.39 is 11.7 Å². The van der Waals surface area contributed by atoms with Crippen LogP contribution in [0.25, 0.3) is 0 Å². The number of nitrogens with one attached hydrogen (secondary N) is 1. The van der Waals surface area contributed by atoms with E-state index in [1.165, 1.54) is 6.07 Å². The molecule has 1 unspecified atom stereocenters. The fourth-order valence-corrected chi connectivity index (χ4v) is 2.35. The second-order valence-electron chi connectivity index (χ2n) is 4.96. The molecule has 0 spiro atoms. The highest BCUT2D eigenvalue weighted by molar-refractivity contribution is 6.35. The van der Waals surface area contributed by atoms with E-state index in [0.717, 1.165) is 12.1 Å². The van der Waals surface area contributed by atoms with Crippen molar-refractivity contribution in [3.63, 3.8) is 0 Å². The van der Waals surface area contributed by atoms with Crippen LogP contribution in [-0.2, 0) is 6.18 Å². The van der Waals surface area contributed by atoms with Gasteiger partial charge in [-0.15, -0.1) is 0 Å². The van der Waals surface area contributed by atoms with Crippen LogP contribution in [-0.4, -0.2) is 12.6 Å². The molecule has 124 valence electrons. The van der Waals surface area contributed by atoms with Gasteiger partial charge in [0.2, 0.25) is 0 Å². The largest absolute Gasteiger partial charge is 0.487 e. The van der Waals surface area contributed by atoms with E-state index in [1.54, 1.807) is 31.2 Å². The first-order valence-electron chi connectivity index (χ1n) is 6.78. The molecule has 1 N–H and O–H groups in total. The lowest BCUT2D eigenvalue weighted by Crippen LogP contribution is -2.23. The fraction of sp³-hybridized carbons (Fsp3) is 0.250. The molecule has 0 aliphatic rings. The summed E-state index contributed by atoms with van der Waals surface area (Å²) in [5.74, 6) is 0.467.